The van der Waals surface area contributed by atoms with Crippen LogP contribution in [0, 0.1) is 34.5 Å². The van der Waals surface area contributed by atoms with E-state index in [1.807, 2.05) is 37.3 Å². The molecule has 0 radical (unpaired) electrons. The minimum absolute atomic E-state index is 0.0365. The summed E-state index contributed by atoms with van der Waals surface area (Å²) in [7, 11) is 0. The number of nitrogens with two attached hydrogens (primary N) is 1. The van der Waals surface area contributed by atoms with Crippen molar-refractivity contribution in [3.05, 3.63) is 53.1 Å². The van der Waals surface area contributed by atoms with Gasteiger partial charge in [-0.2, -0.15) is 0 Å². The summed E-state index contributed by atoms with van der Waals surface area (Å²) in [5.74, 6) is -7.80. The zero-order chi connectivity index (χ0) is 31.8. The van der Waals surface area contributed by atoms with Gasteiger partial charge in [0.2, 0.25) is 11.8 Å². The molecule has 8 atom stereocenters. The van der Waals surface area contributed by atoms with Gasteiger partial charge in [0.25, 0.3) is 0 Å². The number of phenolic OH excluding ortho intramolecular Hbond substituents is 1. The van der Waals surface area contributed by atoms with Crippen molar-refractivity contribution < 1.29 is 39.6 Å². The molecule has 10 nitrogen and oxygen atoms in total. The molecule has 2 aromatic rings. The van der Waals surface area contributed by atoms with E-state index in [2.05, 4.69) is 5.32 Å². The van der Waals surface area contributed by atoms with Crippen LogP contribution in [-0.4, -0.2) is 61.6 Å². The number of aliphatic hydroxyl groups is 3. The lowest BCUT2D eigenvalue weighted by Gasteiger charge is -2.66. The van der Waals surface area contributed by atoms with Crippen molar-refractivity contribution in [2.75, 3.05) is 0 Å². The molecule has 0 saturated heterocycles. The van der Waals surface area contributed by atoms with Crippen LogP contribution in [0.15, 0.2) is 36.4 Å². The number of carbonyl (C=O) groups is 4. The SMILES string of the molecule is CC(=O)NCc1cc(-c2ccccc2)c2c(c1O)C(=O)[C@@H]1C(O)[C@@]3(O)C(=O)[C@H](C(N)=O)C(O)[C@H](C(C)C)[C@@]3(C)C[C@@]1(C)C2. The maximum Gasteiger partial charge on any atom is 0.230 e. The average molecular weight is 593 g/mol. The molecule has 0 bridgehead atoms. The number of rotatable bonds is 5. The van der Waals surface area contributed by atoms with Gasteiger partial charge < -0.3 is 31.5 Å². The molecule has 2 saturated carbocycles. The number of carbonyl (C=O) groups excluding carboxylic acids is 4. The Morgan fingerprint density at radius 2 is 1.74 bits per heavy atom. The standard InChI is InChI=1S/C33H40N2O8/c1-15(2)23-27(39)22(30(34)42)28(40)33(43)29(41)24-26(38)21-20(12-31(24,4)14-32(23,33)5)19(17-9-7-6-8-10-17)11-18(25(21)37)13-35-16(3)36/h6-11,15,22-24,27,29,37,39,41,43H,12-14H2,1-5H3,(H2,34,42)(H,35,36)/t22-,23+,24-,27?,29?,31-,32-,33+/m1/s1. The highest BCUT2D eigenvalue weighted by atomic mass is 16.4. The zero-order valence-corrected chi connectivity index (χ0v) is 25.0. The molecule has 5 rings (SSSR count). The summed E-state index contributed by atoms with van der Waals surface area (Å²) in [6, 6.07) is 11.0. The molecule has 0 heterocycles. The minimum atomic E-state index is -2.58. The molecule has 0 spiro atoms. The summed E-state index contributed by atoms with van der Waals surface area (Å²) in [6.45, 7) is 8.34. The second kappa shape index (κ2) is 10.2. The first-order valence-electron chi connectivity index (χ1n) is 14.6. The molecule has 2 fully saturated rings. The Morgan fingerprint density at radius 1 is 1.12 bits per heavy atom. The number of aliphatic hydroxyl groups excluding tert-OH is 2. The number of ketones is 2. The van der Waals surface area contributed by atoms with Gasteiger partial charge >= 0.3 is 0 Å². The van der Waals surface area contributed by atoms with Crippen molar-refractivity contribution in [1.29, 1.82) is 0 Å². The number of hydrogen-bond donors (Lipinski definition) is 6. The van der Waals surface area contributed by atoms with Gasteiger partial charge in [-0.15, -0.1) is 0 Å². The fourth-order valence-corrected chi connectivity index (χ4v) is 8.89. The predicted molar refractivity (Wildman–Crippen MR) is 156 cm³/mol. The number of hydrogen-bond acceptors (Lipinski definition) is 8. The molecule has 3 aliphatic rings. The Balaban J connectivity index is 1.75. The number of fused-ring (bicyclic) bond motifs is 3. The molecular formula is C33H40N2O8. The molecular weight excluding hydrogens is 552 g/mol. The van der Waals surface area contributed by atoms with Crippen LogP contribution >= 0.6 is 0 Å². The maximum atomic E-state index is 14.5. The quantitative estimate of drug-likeness (QED) is 0.284. The first kappa shape index (κ1) is 30.8. The van der Waals surface area contributed by atoms with Gasteiger partial charge in [0.1, 0.15) is 17.8 Å². The number of nitrogens with one attached hydrogen (secondary N) is 1. The van der Waals surface area contributed by atoms with E-state index >= 15 is 0 Å². The third-order valence-electron chi connectivity index (χ3n) is 10.5. The van der Waals surface area contributed by atoms with Gasteiger partial charge in [-0.3, -0.25) is 19.2 Å². The van der Waals surface area contributed by atoms with Crippen LogP contribution in [0.3, 0.4) is 0 Å². The van der Waals surface area contributed by atoms with Crippen LogP contribution < -0.4 is 11.1 Å². The molecule has 3 aliphatic carbocycles. The van der Waals surface area contributed by atoms with Gasteiger partial charge in [-0.25, -0.2) is 0 Å². The summed E-state index contributed by atoms with van der Waals surface area (Å²) < 4.78 is 0. The fourth-order valence-electron chi connectivity index (χ4n) is 8.89. The Bertz CT molecular complexity index is 1520. The van der Waals surface area contributed by atoms with Crippen LogP contribution in [0.4, 0.5) is 0 Å². The molecule has 2 aromatic carbocycles. The Kier molecular flexibility index (Phi) is 7.35. The lowest BCUT2D eigenvalue weighted by atomic mass is 9.39. The normalized spacial score (nSPS) is 35.1. The molecule has 0 aliphatic heterocycles. The van der Waals surface area contributed by atoms with Crippen LogP contribution in [0.25, 0.3) is 11.1 Å². The Labute approximate surface area is 250 Å². The van der Waals surface area contributed by atoms with Crippen LogP contribution in [0.5, 0.6) is 5.75 Å². The number of amides is 2. The summed E-state index contributed by atoms with van der Waals surface area (Å²) >= 11 is 0. The van der Waals surface area contributed by atoms with Gasteiger partial charge in [-0.1, -0.05) is 58.0 Å². The number of aromatic hydroxyl groups is 1. The Morgan fingerprint density at radius 3 is 2.30 bits per heavy atom. The highest BCUT2D eigenvalue weighted by Crippen LogP contribution is 2.66. The first-order chi connectivity index (χ1) is 20.0. The highest BCUT2D eigenvalue weighted by Gasteiger charge is 2.76. The zero-order valence-electron chi connectivity index (χ0n) is 25.0. The van der Waals surface area contributed by atoms with Crippen LogP contribution in [-0.2, 0) is 27.3 Å². The number of primary amides is 1. The van der Waals surface area contributed by atoms with E-state index in [0.29, 0.717) is 16.7 Å². The van der Waals surface area contributed by atoms with Crippen molar-refractivity contribution in [2.24, 2.45) is 40.2 Å². The molecule has 10 heteroatoms. The van der Waals surface area contributed by atoms with Crippen molar-refractivity contribution in [3.8, 4) is 16.9 Å². The van der Waals surface area contributed by atoms with E-state index in [-0.39, 0.29) is 42.5 Å². The summed E-state index contributed by atoms with van der Waals surface area (Å²) in [4.78, 5) is 52.5. The van der Waals surface area contributed by atoms with Crippen molar-refractivity contribution in [1.82, 2.24) is 5.32 Å². The van der Waals surface area contributed by atoms with E-state index in [1.54, 1.807) is 26.8 Å². The third kappa shape index (κ3) is 4.25. The average Bonchev–Trinajstić information content (AvgIpc) is 2.90. The first-order valence-corrected chi connectivity index (χ1v) is 14.6. The number of Topliss-reactive ketones (excluding diaryl/α,β-unsaturated/α-hetero) is 2. The van der Waals surface area contributed by atoms with Crippen molar-refractivity contribution in [3.63, 3.8) is 0 Å². The maximum absolute atomic E-state index is 14.5. The van der Waals surface area contributed by atoms with Crippen molar-refractivity contribution >= 4 is 23.4 Å². The molecule has 2 amide bonds. The lowest BCUT2D eigenvalue weighted by Crippen LogP contribution is -2.79. The monoisotopic (exact) mass is 592 g/mol. The van der Waals surface area contributed by atoms with Crippen molar-refractivity contribution in [2.45, 2.75) is 71.8 Å². The Hall–Kier alpha value is -3.60. The summed E-state index contributed by atoms with van der Waals surface area (Å²) in [5, 5.41) is 49.7. The lowest BCUT2D eigenvalue weighted by molar-refractivity contribution is -0.265. The molecule has 7 N–H and O–H groups in total. The van der Waals surface area contributed by atoms with Gasteiger partial charge in [0, 0.05) is 24.4 Å². The van der Waals surface area contributed by atoms with E-state index in [0.717, 1.165) is 5.56 Å². The second-order valence-electron chi connectivity index (χ2n) is 13.5. The van der Waals surface area contributed by atoms with E-state index < -0.39 is 63.9 Å². The molecule has 230 valence electrons. The van der Waals surface area contributed by atoms with Gasteiger partial charge in [-0.05, 0) is 52.8 Å². The molecule has 43 heavy (non-hydrogen) atoms. The molecule has 0 aromatic heterocycles. The van der Waals surface area contributed by atoms with Gasteiger partial charge in [0.15, 0.2) is 17.2 Å². The largest absolute Gasteiger partial charge is 0.507 e. The third-order valence-corrected chi connectivity index (χ3v) is 10.5. The summed E-state index contributed by atoms with van der Waals surface area (Å²) in [5.41, 5.74) is 2.78. The van der Waals surface area contributed by atoms with Gasteiger partial charge in [0.05, 0.1) is 17.6 Å². The smallest absolute Gasteiger partial charge is 0.230 e. The summed E-state index contributed by atoms with van der Waals surface area (Å²) in [6.07, 6.45) is -3.19. The van der Waals surface area contributed by atoms with E-state index in [1.165, 1.54) is 6.92 Å². The van der Waals surface area contributed by atoms with E-state index in [9.17, 15) is 39.6 Å². The molecule has 2 unspecified atom stereocenters. The fraction of sp³-hybridized carbons (Fsp3) is 0.515. The van der Waals surface area contributed by atoms with E-state index in [4.69, 9.17) is 5.73 Å². The second-order valence-corrected chi connectivity index (χ2v) is 13.5. The predicted octanol–water partition coefficient (Wildman–Crippen LogP) is 1.88. The number of benzene rings is 2. The van der Waals surface area contributed by atoms with Crippen LogP contribution in [0.2, 0.25) is 0 Å². The number of phenols is 1. The van der Waals surface area contributed by atoms with Crippen LogP contribution in [0.1, 0.15) is 62.5 Å². The highest BCUT2D eigenvalue weighted by molar-refractivity contribution is 6.10. The topological polar surface area (TPSA) is 187 Å². The minimum Gasteiger partial charge on any atom is -0.507 e.